The fourth-order valence-corrected chi connectivity index (χ4v) is 10.6. The first-order valence-corrected chi connectivity index (χ1v) is 31.6. The van der Waals surface area contributed by atoms with Gasteiger partial charge in [0, 0.05) is 32.2 Å². The summed E-state index contributed by atoms with van der Waals surface area (Å²) in [4.78, 5) is 144. The van der Waals surface area contributed by atoms with Crippen molar-refractivity contribution in [3.05, 3.63) is 132 Å². The van der Waals surface area contributed by atoms with Crippen LogP contribution in [-0.4, -0.2) is 144 Å². The highest BCUT2D eigenvalue weighted by molar-refractivity contribution is 5.99. The normalized spacial score (nSPS) is 14.1. The highest BCUT2D eigenvalue weighted by Crippen LogP contribution is 2.22. The van der Waals surface area contributed by atoms with E-state index in [0.717, 1.165) is 21.5 Å². The summed E-state index contributed by atoms with van der Waals surface area (Å²) in [7, 11) is 0. The van der Waals surface area contributed by atoms with Crippen LogP contribution in [0.3, 0.4) is 0 Å². The predicted molar refractivity (Wildman–Crippen MR) is 356 cm³/mol. The molecule has 9 amide bonds. The van der Waals surface area contributed by atoms with Crippen molar-refractivity contribution in [2.45, 2.75) is 165 Å². The van der Waals surface area contributed by atoms with Crippen LogP contribution in [0.2, 0.25) is 0 Å². The quantitative estimate of drug-likeness (QED) is 0.0148. The van der Waals surface area contributed by atoms with Gasteiger partial charge in [0.15, 0.2) is 5.96 Å². The summed E-state index contributed by atoms with van der Waals surface area (Å²) < 4.78 is 0. The number of aliphatic imine (C=N–C) groups is 1. The van der Waals surface area contributed by atoms with E-state index in [4.69, 9.17) is 34.4 Å². The summed E-state index contributed by atoms with van der Waals surface area (Å²) in [5, 5.41) is 35.0. The molecule has 0 aliphatic heterocycles. The van der Waals surface area contributed by atoms with Crippen LogP contribution < -0.4 is 76.9 Å². The molecule has 0 unspecified atom stereocenters. The Hall–Kier alpha value is -9.53. The minimum Gasteiger partial charge on any atom is -0.480 e. The third-order valence-corrected chi connectivity index (χ3v) is 15.6. The zero-order valence-corrected chi connectivity index (χ0v) is 53.2. The van der Waals surface area contributed by atoms with Gasteiger partial charge in [-0.15, -0.1) is 0 Å². The number of unbranched alkanes of at least 4 members (excludes halogenated alkanes) is 2. The molecular weight excluding hydrogens is 1190 g/mol. The van der Waals surface area contributed by atoms with Crippen molar-refractivity contribution in [3.8, 4) is 0 Å². The van der Waals surface area contributed by atoms with Crippen LogP contribution in [0, 0.1) is 5.92 Å². The zero-order valence-electron chi connectivity index (χ0n) is 53.2. The van der Waals surface area contributed by atoms with E-state index in [0.29, 0.717) is 55.3 Å². The van der Waals surface area contributed by atoms with E-state index in [9.17, 15) is 53.1 Å². The number of carbonyl (C=O) groups excluding carboxylic acids is 9. The number of nitrogens with one attached hydrogen (secondary N) is 8. The van der Waals surface area contributed by atoms with E-state index in [2.05, 4.69) is 47.5 Å². The number of nitrogens with two attached hydrogens (primary N) is 6. The Morgan fingerprint density at radius 1 is 0.430 bits per heavy atom. The van der Waals surface area contributed by atoms with Gasteiger partial charge < -0.3 is 82.0 Å². The number of rotatable bonds is 40. The summed E-state index contributed by atoms with van der Waals surface area (Å²) in [6.45, 7) is 5.75. The SMILES string of the molecule is CC(C)C[C@@H](NC(=O)[C@H](N)CCCCN)C(=O)N[C@H](Cc1ccccc1)C(=O)N[C@H](CCCN=C(N)N)C(=O)N[C@H](Cc1cccc2ccccc12)C(=O)N[C@H](CCC(N)=O)C(=O)N[C@H](C)C(=O)N[C@H](CCCCN)C(=O)N[C@H](Cc1cccc2ccccc12)C(=O)O. The maximum Gasteiger partial charge on any atom is 0.326 e. The van der Waals surface area contributed by atoms with Crippen LogP contribution in [0.25, 0.3) is 21.5 Å². The molecule has 0 aromatic heterocycles. The van der Waals surface area contributed by atoms with Crippen molar-refractivity contribution >= 4 is 86.6 Å². The number of guanidine groups is 1. The molecule has 5 aromatic rings. The molecule has 9 atom stereocenters. The molecule has 0 bridgehead atoms. The van der Waals surface area contributed by atoms with Gasteiger partial charge in [-0.2, -0.15) is 0 Å². The number of carboxylic acid groups (broad SMARTS) is 1. The molecule has 0 aliphatic rings. The topological polar surface area (TPSA) is 456 Å². The number of carboxylic acids is 1. The van der Waals surface area contributed by atoms with E-state index in [-0.39, 0.29) is 76.3 Å². The highest BCUT2D eigenvalue weighted by Gasteiger charge is 2.35. The Balaban J connectivity index is 1.42. The van der Waals surface area contributed by atoms with E-state index in [1.54, 1.807) is 60.7 Å². The number of carbonyl (C=O) groups is 10. The summed E-state index contributed by atoms with van der Waals surface area (Å²) in [5.41, 5.74) is 36.4. The van der Waals surface area contributed by atoms with Gasteiger partial charge in [0.25, 0.3) is 0 Å². The molecule has 0 spiro atoms. The molecule has 0 saturated carbocycles. The Morgan fingerprint density at radius 3 is 1.38 bits per heavy atom. The van der Waals surface area contributed by atoms with Gasteiger partial charge in [0.1, 0.15) is 48.3 Å². The van der Waals surface area contributed by atoms with Crippen LogP contribution in [0.15, 0.2) is 120 Å². The number of fused-ring (bicyclic) bond motifs is 2. The molecule has 0 radical (unpaired) electrons. The maximum absolute atomic E-state index is 15.0. The number of amides is 9. The fraction of sp³-hybridized carbons (Fsp3) is 0.448. The summed E-state index contributed by atoms with van der Waals surface area (Å²) >= 11 is 0. The van der Waals surface area contributed by atoms with Crippen molar-refractivity contribution in [1.82, 2.24) is 42.5 Å². The first-order valence-electron chi connectivity index (χ1n) is 31.6. The first-order chi connectivity index (χ1) is 44.5. The van der Waals surface area contributed by atoms with Crippen molar-refractivity contribution in [3.63, 3.8) is 0 Å². The molecule has 0 heterocycles. The molecule has 502 valence electrons. The van der Waals surface area contributed by atoms with Crippen LogP contribution in [0.1, 0.15) is 108 Å². The molecule has 5 rings (SSSR count). The third kappa shape index (κ3) is 24.9. The third-order valence-electron chi connectivity index (χ3n) is 15.6. The second kappa shape index (κ2) is 38.4. The average molecular weight is 1280 g/mol. The summed E-state index contributed by atoms with van der Waals surface area (Å²) in [6, 6.07) is 22.3. The monoisotopic (exact) mass is 1280 g/mol. The van der Waals surface area contributed by atoms with E-state index >= 15 is 0 Å². The fourth-order valence-electron chi connectivity index (χ4n) is 10.6. The van der Waals surface area contributed by atoms with Gasteiger partial charge in [0.05, 0.1) is 6.04 Å². The van der Waals surface area contributed by atoms with Gasteiger partial charge >= 0.3 is 5.97 Å². The van der Waals surface area contributed by atoms with Crippen molar-refractivity contribution < 1.29 is 53.1 Å². The van der Waals surface area contributed by atoms with Gasteiger partial charge in [-0.05, 0) is 122 Å². The molecule has 5 aromatic carbocycles. The minimum absolute atomic E-state index is 0.0179. The molecule has 0 aliphatic carbocycles. The number of hydrogen-bond donors (Lipinski definition) is 15. The first kappa shape index (κ1) is 74.2. The van der Waals surface area contributed by atoms with Crippen molar-refractivity contribution in [1.29, 1.82) is 0 Å². The lowest BCUT2D eigenvalue weighted by Crippen LogP contribution is -2.60. The van der Waals surface area contributed by atoms with Crippen LogP contribution in [0.4, 0.5) is 0 Å². The number of aliphatic carboxylic acids is 1. The largest absolute Gasteiger partial charge is 0.480 e. The van der Waals surface area contributed by atoms with Crippen molar-refractivity contribution in [2.24, 2.45) is 45.3 Å². The summed E-state index contributed by atoms with van der Waals surface area (Å²) in [5.74, 6) is -8.91. The number of primary amides is 1. The van der Waals surface area contributed by atoms with E-state index in [1.807, 2.05) is 68.4 Å². The minimum atomic E-state index is -1.57. The van der Waals surface area contributed by atoms with Gasteiger partial charge in [0.2, 0.25) is 53.2 Å². The Kier molecular flexibility index (Phi) is 30.6. The Morgan fingerprint density at radius 2 is 0.849 bits per heavy atom. The molecule has 93 heavy (non-hydrogen) atoms. The summed E-state index contributed by atoms with van der Waals surface area (Å²) in [6.07, 6.45) is 1.51. The van der Waals surface area contributed by atoms with Crippen LogP contribution >= 0.6 is 0 Å². The van der Waals surface area contributed by atoms with Gasteiger partial charge in [-0.25, -0.2) is 4.79 Å². The standard InChI is InChI=1S/C67H93N15O11/c1-40(2)36-53(79-59(85)49(70)28-11-13-33-68)63(89)80-54(37-42-18-5-4-6-19-42)64(90)77-51(30-17-35-74-67(72)73)61(87)81-55(38-45-24-15-22-43-20-7-9-26-47(43)45)65(91)78-52(31-32-57(71)83)60(86)75-41(3)58(84)76-50(29-12-14-34-69)62(88)82-56(66(92)93)39-46-25-16-23-44-21-8-10-27-48(44)46/h4-10,15-16,18-27,40-41,49-56H,11-14,17,28-39,68-70H2,1-3H3,(H2,71,83)(H,75,86)(H,76,84)(H,77,90)(H,78,91)(H,79,85)(H,80,89)(H,81,87)(H,82,88)(H,92,93)(H4,72,73,74)/t41-,49-,50-,51-,52-,53-,54-,55-,56-/m1/s1. The van der Waals surface area contributed by atoms with Gasteiger partial charge in [-0.3, -0.25) is 48.1 Å². The number of benzene rings is 5. The Labute approximate surface area is 542 Å². The smallest absolute Gasteiger partial charge is 0.326 e. The lowest BCUT2D eigenvalue weighted by Gasteiger charge is -2.28. The predicted octanol–water partition coefficient (Wildman–Crippen LogP) is 0.954. The molecule has 0 fully saturated rings. The average Bonchev–Trinajstić information content (AvgIpc) is 1.43. The second-order valence-electron chi connectivity index (χ2n) is 23.6. The second-order valence-corrected chi connectivity index (χ2v) is 23.6. The van der Waals surface area contributed by atoms with Gasteiger partial charge in [-0.1, -0.05) is 136 Å². The molecule has 26 nitrogen and oxygen atoms in total. The maximum atomic E-state index is 15.0. The van der Waals surface area contributed by atoms with E-state index < -0.39 is 120 Å². The number of hydrogen-bond acceptors (Lipinski definition) is 14. The lowest BCUT2D eigenvalue weighted by molar-refractivity contribution is -0.142. The zero-order chi connectivity index (χ0) is 68.0. The van der Waals surface area contributed by atoms with Crippen molar-refractivity contribution in [2.75, 3.05) is 19.6 Å². The van der Waals surface area contributed by atoms with Crippen LogP contribution in [0.5, 0.6) is 0 Å². The number of nitrogens with zero attached hydrogens (tertiary/aromatic N) is 1. The highest BCUT2D eigenvalue weighted by atomic mass is 16.4. The van der Waals surface area contributed by atoms with Crippen LogP contribution in [-0.2, 0) is 67.2 Å². The van der Waals surface area contributed by atoms with E-state index in [1.165, 1.54) is 6.92 Å². The molecule has 26 heteroatoms. The molecule has 21 N–H and O–H groups in total. The lowest BCUT2D eigenvalue weighted by atomic mass is 9.97. The Bertz CT molecular complexity index is 3350. The molecule has 0 saturated heterocycles. The molecular formula is C67H93N15O11.